The predicted octanol–water partition coefficient (Wildman–Crippen LogP) is 2.51. The quantitative estimate of drug-likeness (QED) is 0.891. The lowest BCUT2D eigenvalue weighted by Crippen LogP contribution is -2.33. The Bertz CT molecular complexity index is 722. The van der Waals surface area contributed by atoms with Crippen LogP contribution in [0.25, 0.3) is 0 Å². The monoisotopic (exact) mass is 314 g/mol. The molecular formula is C18H22N2O3. The minimum Gasteiger partial charge on any atom is -0.491 e. The zero-order chi connectivity index (χ0) is 16.8. The highest BCUT2D eigenvalue weighted by atomic mass is 16.5. The highest BCUT2D eigenvalue weighted by Crippen LogP contribution is 2.20. The Labute approximate surface area is 135 Å². The second-order valence-electron chi connectivity index (χ2n) is 5.70. The summed E-state index contributed by atoms with van der Waals surface area (Å²) < 4.78 is 7.04. The van der Waals surface area contributed by atoms with Crippen LogP contribution in [-0.2, 0) is 11.3 Å². The van der Waals surface area contributed by atoms with Gasteiger partial charge in [0.25, 0.3) is 5.56 Å². The molecule has 23 heavy (non-hydrogen) atoms. The first-order valence-corrected chi connectivity index (χ1v) is 7.67. The van der Waals surface area contributed by atoms with E-state index in [0.29, 0.717) is 0 Å². The molecule has 1 heterocycles. The maximum Gasteiger partial charge on any atom is 0.250 e. The molecule has 0 aliphatic heterocycles. The average Bonchev–Trinajstić information content (AvgIpc) is 2.49. The van der Waals surface area contributed by atoms with E-state index in [1.165, 1.54) is 10.6 Å². The third-order valence-corrected chi connectivity index (χ3v) is 3.32. The molecule has 2 aromatic rings. The van der Waals surface area contributed by atoms with Crippen LogP contribution < -0.4 is 15.6 Å². The molecular weight excluding hydrogens is 292 g/mol. The van der Waals surface area contributed by atoms with Crippen molar-refractivity contribution in [2.75, 3.05) is 0 Å². The fraction of sp³-hybridized carbons (Fsp3) is 0.333. The van der Waals surface area contributed by atoms with Crippen molar-refractivity contribution in [2.24, 2.45) is 0 Å². The van der Waals surface area contributed by atoms with Gasteiger partial charge in [0.2, 0.25) is 5.91 Å². The molecule has 2 rings (SSSR count). The molecule has 0 unspecified atom stereocenters. The van der Waals surface area contributed by atoms with Crippen LogP contribution in [0.5, 0.6) is 5.75 Å². The summed E-state index contributed by atoms with van der Waals surface area (Å²) in [5.41, 5.74) is 0.763. The van der Waals surface area contributed by atoms with E-state index in [9.17, 15) is 9.59 Å². The molecule has 0 bridgehead atoms. The van der Waals surface area contributed by atoms with Gasteiger partial charge in [-0.2, -0.15) is 0 Å². The third-order valence-electron chi connectivity index (χ3n) is 3.32. The van der Waals surface area contributed by atoms with E-state index in [4.69, 9.17) is 4.74 Å². The van der Waals surface area contributed by atoms with Gasteiger partial charge < -0.3 is 14.6 Å². The van der Waals surface area contributed by atoms with Crippen LogP contribution in [0.1, 0.15) is 32.4 Å². The van der Waals surface area contributed by atoms with Gasteiger partial charge in [-0.05, 0) is 44.5 Å². The number of rotatable bonds is 6. The molecule has 0 saturated carbocycles. The third kappa shape index (κ3) is 4.98. The summed E-state index contributed by atoms with van der Waals surface area (Å²) in [4.78, 5) is 23.7. The largest absolute Gasteiger partial charge is 0.491 e. The lowest BCUT2D eigenvalue weighted by molar-refractivity contribution is -0.122. The summed E-state index contributed by atoms with van der Waals surface area (Å²) in [6.07, 6.45) is 1.70. The van der Waals surface area contributed by atoms with E-state index in [0.717, 1.165) is 11.3 Å². The normalized spacial score (nSPS) is 12.0. The van der Waals surface area contributed by atoms with Gasteiger partial charge in [-0.3, -0.25) is 9.59 Å². The van der Waals surface area contributed by atoms with Gasteiger partial charge in [-0.1, -0.05) is 18.2 Å². The van der Waals surface area contributed by atoms with Crippen LogP contribution in [0, 0.1) is 0 Å². The molecule has 5 nitrogen and oxygen atoms in total. The van der Waals surface area contributed by atoms with Gasteiger partial charge >= 0.3 is 0 Å². The summed E-state index contributed by atoms with van der Waals surface area (Å²) in [5, 5.41) is 2.90. The van der Waals surface area contributed by atoms with Gasteiger partial charge in [0.1, 0.15) is 12.3 Å². The van der Waals surface area contributed by atoms with E-state index in [1.807, 2.05) is 45.0 Å². The molecule has 1 aromatic carbocycles. The Morgan fingerprint density at radius 2 is 1.96 bits per heavy atom. The van der Waals surface area contributed by atoms with Crippen molar-refractivity contribution in [2.45, 2.75) is 39.5 Å². The number of pyridine rings is 1. The number of nitrogens with one attached hydrogen (secondary N) is 1. The summed E-state index contributed by atoms with van der Waals surface area (Å²) in [5.74, 6) is 0.568. The van der Waals surface area contributed by atoms with Crippen LogP contribution in [0.3, 0.4) is 0 Å². The number of benzene rings is 1. The number of amides is 1. The number of hydrogen-bond donors (Lipinski definition) is 1. The minimum absolute atomic E-state index is 0.00615. The Morgan fingerprint density at radius 3 is 2.65 bits per heavy atom. The Hall–Kier alpha value is -2.56. The Balaban J connectivity index is 2.01. The van der Waals surface area contributed by atoms with Crippen LogP contribution >= 0.6 is 0 Å². The Kier molecular flexibility index (Phi) is 5.57. The first kappa shape index (κ1) is 16.8. The molecule has 5 heteroatoms. The van der Waals surface area contributed by atoms with Crippen LogP contribution in [0.4, 0.5) is 0 Å². The standard InChI is InChI=1S/C18H22N2O3/c1-13(2)23-16-8-6-7-15(11-16)14(3)19-17(21)12-20-10-5-4-9-18(20)22/h4-11,13-14H,12H2,1-3H3,(H,19,21)/t14-/m0/s1. The second-order valence-corrected chi connectivity index (χ2v) is 5.70. The fourth-order valence-electron chi connectivity index (χ4n) is 2.25. The van der Waals surface area contributed by atoms with Gasteiger partial charge in [0, 0.05) is 12.3 Å². The maximum atomic E-state index is 12.1. The van der Waals surface area contributed by atoms with E-state index in [1.54, 1.807) is 18.3 Å². The Morgan fingerprint density at radius 1 is 1.17 bits per heavy atom. The lowest BCUT2D eigenvalue weighted by atomic mass is 10.1. The molecule has 0 aliphatic rings. The molecule has 0 aliphatic carbocycles. The van der Waals surface area contributed by atoms with Crippen molar-refractivity contribution in [3.05, 3.63) is 64.6 Å². The first-order chi connectivity index (χ1) is 11.0. The summed E-state index contributed by atoms with van der Waals surface area (Å²) in [6, 6.07) is 12.3. The van der Waals surface area contributed by atoms with Crippen molar-refractivity contribution in [3.63, 3.8) is 0 Å². The highest BCUT2D eigenvalue weighted by molar-refractivity contribution is 5.76. The van der Waals surface area contributed by atoms with Crippen molar-refractivity contribution >= 4 is 5.91 Å². The fourth-order valence-corrected chi connectivity index (χ4v) is 2.25. The van der Waals surface area contributed by atoms with Crippen molar-refractivity contribution < 1.29 is 9.53 Å². The zero-order valence-corrected chi connectivity index (χ0v) is 13.7. The lowest BCUT2D eigenvalue weighted by Gasteiger charge is -2.17. The molecule has 1 atom stereocenters. The highest BCUT2D eigenvalue weighted by Gasteiger charge is 2.11. The molecule has 1 N–H and O–H groups in total. The number of hydrogen-bond acceptors (Lipinski definition) is 3. The molecule has 0 radical (unpaired) electrons. The van der Waals surface area contributed by atoms with E-state index in [-0.39, 0.29) is 30.2 Å². The van der Waals surface area contributed by atoms with Gasteiger partial charge in [-0.15, -0.1) is 0 Å². The number of nitrogens with zero attached hydrogens (tertiary/aromatic N) is 1. The van der Waals surface area contributed by atoms with E-state index < -0.39 is 0 Å². The van der Waals surface area contributed by atoms with Gasteiger partial charge in [-0.25, -0.2) is 0 Å². The molecule has 0 saturated heterocycles. The van der Waals surface area contributed by atoms with Crippen molar-refractivity contribution in [1.82, 2.24) is 9.88 Å². The van der Waals surface area contributed by atoms with E-state index in [2.05, 4.69) is 5.32 Å². The molecule has 1 aromatic heterocycles. The first-order valence-electron chi connectivity index (χ1n) is 7.67. The van der Waals surface area contributed by atoms with Crippen LogP contribution in [0.2, 0.25) is 0 Å². The van der Waals surface area contributed by atoms with Crippen molar-refractivity contribution in [3.8, 4) is 5.75 Å². The SMILES string of the molecule is CC(C)Oc1cccc([C@H](C)NC(=O)Cn2ccccc2=O)c1. The molecule has 1 amide bonds. The molecule has 122 valence electrons. The van der Waals surface area contributed by atoms with E-state index >= 15 is 0 Å². The average molecular weight is 314 g/mol. The number of aromatic nitrogens is 1. The maximum absolute atomic E-state index is 12.1. The number of carbonyl (C=O) groups is 1. The second kappa shape index (κ2) is 7.63. The number of ether oxygens (including phenoxy) is 1. The van der Waals surface area contributed by atoms with Crippen LogP contribution in [0.15, 0.2) is 53.5 Å². The summed E-state index contributed by atoms with van der Waals surface area (Å²) >= 11 is 0. The van der Waals surface area contributed by atoms with Crippen LogP contribution in [-0.4, -0.2) is 16.6 Å². The van der Waals surface area contributed by atoms with Gasteiger partial charge in [0.05, 0.1) is 12.1 Å². The minimum atomic E-state index is -0.207. The summed E-state index contributed by atoms with van der Waals surface area (Å²) in [7, 11) is 0. The topological polar surface area (TPSA) is 60.3 Å². The number of carbonyl (C=O) groups excluding carboxylic acids is 1. The molecule has 0 fully saturated rings. The molecule has 0 spiro atoms. The van der Waals surface area contributed by atoms with Gasteiger partial charge in [0.15, 0.2) is 0 Å². The summed E-state index contributed by atoms with van der Waals surface area (Å²) in [6.45, 7) is 5.84. The zero-order valence-electron chi connectivity index (χ0n) is 13.7. The van der Waals surface area contributed by atoms with Crippen molar-refractivity contribution in [1.29, 1.82) is 0 Å². The predicted molar refractivity (Wildman–Crippen MR) is 89.5 cm³/mol. The smallest absolute Gasteiger partial charge is 0.250 e.